The van der Waals surface area contributed by atoms with Crippen molar-refractivity contribution in [1.29, 1.82) is 0 Å². The van der Waals surface area contributed by atoms with Crippen LogP contribution in [0.2, 0.25) is 0 Å². The number of ether oxygens (including phenoxy) is 1. The predicted octanol–water partition coefficient (Wildman–Crippen LogP) is 0.738. The van der Waals surface area contributed by atoms with Crippen molar-refractivity contribution >= 4 is 11.8 Å². The van der Waals surface area contributed by atoms with Gasteiger partial charge < -0.3 is 19.9 Å². The van der Waals surface area contributed by atoms with Gasteiger partial charge in [0.1, 0.15) is 5.82 Å². The van der Waals surface area contributed by atoms with Crippen molar-refractivity contribution in [2.24, 2.45) is 0 Å². The number of imidazole rings is 1. The number of carbonyl (C=O) groups excluding carboxylic acids is 1. The molecule has 6 nitrogen and oxygen atoms in total. The molecule has 1 fully saturated rings. The van der Waals surface area contributed by atoms with Gasteiger partial charge in [-0.2, -0.15) is 0 Å². The van der Waals surface area contributed by atoms with Crippen LogP contribution in [0.3, 0.4) is 0 Å². The second-order valence-corrected chi connectivity index (χ2v) is 4.44. The summed E-state index contributed by atoms with van der Waals surface area (Å²) in [4.78, 5) is 18.0. The molecule has 0 radical (unpaired) electrons. The molecule has 1 saturated heterocycles. The van der Waals surface area contributed by atoms with Crippen molar-refractivity contribution in [2.45, 2.75) is 26.3 Å². The van der Waals surface area contributed by atoms with Crippen LogP contribution in [-0.2, 0) is 11.3 Å². The summed E-state index contributed by atoms with van der Waals surface area (Å²) >= 11 is 0. The van der Waals surface area contributed by atoms with Crippen LogP contribution in [0.5, 0.6) is 0 Å². The van der Waals surface area contributed by atoms with Crippen LogP contribution in [0.1, 0.15) is 30.3 Å². The number of hydrogen-bond donors (Lipinski definition) is 1. The highest BCUT2D eigenvalue weighted by atomic mass is 16.5. The number of nitrogen functional groups attached to an aromatic ring is 1. The van der Waals surface area contributed by atoms with Gasteiger partial charge in [0, 0.05) is 13.1 Å². The molecule has 18 heavy (non-hydrogen) atoms. The zero-order chi connectivity index (χ0) is 13.0. The first-order valence-corrected chi connectivity index (χ1v) is 6.42. The first-order valence-electron chi connectivity index (χ1n) is 6.42. The van der Waals surface area contributed by atoms with Crippen LogP contribution in [0, 0.1) is 0 Å². The van der Waals surface area contributed by atoms with Crippen LogP contribution in [0.4, 0.5) is 5.82 Å². The quantitative estimate of drug-likeness (QED) is 0.782. The number of nitrogens with two attached hydrogens (primary N) is 1. The molecule has 0 aliphatic carbocycles. The Hall–Kier alpha value is -1.56. The lowest BCUT2D eigenvalue weighted by Gasteiger charge is -2.15. The van der Waals surface area contributed by atoms with Crippen LogP contribution in [0.25, 0.3) is 0 Å². The summed E-state index contributed by atoms with van der Waals surface area (Å²) in [6.07, 6.45) is 4.15. The summed E-state index contributed by atoms with van der Waals surface area (Å²) < 4.78 is 6.70. The van der Waals surface area contributed by atoms with E-state index < -0.39 is 5.97 Å². The molecule has 0 aromatic carbocycles. The lowest BCUT2D eigenvalue weighted by Crippen LogP contribution is -2.24. The maximum atomic E-state index is 11.6. The third-order valence-corrected chi connectivity index (χ3v) is 3.20. The van der Waals surface area contributed by atoms with E-state index >= 15 is 0 Å². The number of esters is 1. The molecule has 0 bridgehead atoms. The fourth-order valence-electron chi connectivity index (χ4n) is 2.18. The van der Waals surface area contributed by atoms with Gasteiger partial charge >= 0.3 is 5.97 Å². The van der Waals surface area contributed by atoms with Crippen molar-refractivity contribution in [3.8, 4) is 0 Å². The zero-order valence-corrected chi connectivity index (χ0v) is 10.8. The Bertz CT molecular complexity index is 410. The van der Waals surface area contributed by atoms with E-state index in [2.05, 4.69) is 9.88 Å². The van der Waals surface area contributed by atoms with Crippen LogP contribution < -0.4 is 5.73 Å². The van der Waals surface area contributed by atoms with E-state index in [9.17, 15) is 4.79 Å². The number of rotatable bonds is 5. The van der Waals surface area contributed by atoms with Crippen molar-refractivity contribution < 1.29 is 9.53 Å². The third-order valence-electron chi connectivity index (χ3n) is 3.20. The van der Waals surface area contributed by atoms with Crippen LogP contribution >= 0.6 is 0 Å². The van der Waals surface area contributed by atoms with Gasteiger partial charge in [-0.1, -0.05) is 0 Å². The second kappa shape index (κ2) is 5.86. The molecule has 0 atom stereocenters. The highest BCUT2D eigenvalue weighted by molar-refractivity contribution is 5.92. The number of likely N-dealkylation sites (tertiary alicyclic amines) is 1. The van der Waals surface area contributed by atoms with E-state index in [1.807, 2.05) is 4.57 Å². The average Bonchev–Trinajstić information content (AvgIpc) is 2.96. The molecule has 2 heterocycles. The number of carbonyl (C=O) groups is 1. The monoisotopic (exact) mass is 252 g/mol. The molecular formula is C12H20N4O2. The summed E-state index contributed by atoms with van der Waals surface area (Å²) in [6, 6.07) is 0. The number of nitrogens with zero attached hydrogens (tertiary/aromatic N) is 3. The fourth-order valence-corrected chi connectivity index (χ4v) is 2.18. The molecule has 0 saturated carbocycles. The first-order chi connectivity index (χ1) is 8.72. The van der Waals surface area contributed by atoms with Gasteiger partial charge in [0.25, 0.3) is 0 Å². The summed E-state index contributed by atoms with van der Waals surface area (Å²) in [6.45, 7) is 6.11. The van der Waals surface area contributed by atoms with Gasteiger partial charge in [-0.25, -0.2) is 9.78 Å². The Labute approximate surface area is 107 Å². The molecule has 1 aromatic rings. The van der Waals surface area contributed by atoms with Crippen LogP contribution in [0.15, 0.2) is 6.33 Å². The van der Waals surface area contributed by atoms with E-state index in [4.69, 9.17) is 10.5 Å². The molecular weight excluding hydrogens is 232 g/mol. The fraction of sp³-hybridized carbons (Fsp3) is 0.667. The molecule has 0 unspecified atom stereocenters. The van der Waals surface area contributed by atoms with Gasteiger partial charge in [0.15, 0.2) is 5.69 Å². The third kappa shape index (κ3) is 2.81. The molecule has 6 heteroatoms. The SMILES string of the molecule is CCOC(=O)c1ncn(CCN2CCCC2)c1N. The largest absolute Gasteiger partial charge is 0.461 e. The maximum Gasteiger partial charge on any atom is 0.360 e. The minimum absolute atomic E-state index is 0.221. The molecule has 1 aliphatic heterocycles. The topological polar surface area (TPSA) is 73.4 Å². The lowest BCUT2D eigenvalue weighted by molar-refractivity contribution is 0.0521. The highest BCUT2D eigenvalue weighted by Crippen LogP contribution is 2.13. The first kappa shape index (κ1) is 12.9. The second-order valence-electron chi connectivity index (χ2n) is 4.44. The predicted molar refractivity (Wildman–Crippen MR) is 68.3 cm³/mol. The Kier molecular flexibility index (Phi) is 4.19. The van der Waals surface area contributed by atoms with E-state index in [-0.39, 0.29) is 5.69 Å². The summed E-state index contributed by atoms with van der Waals surface area (Å²) in [5.74, 6) is -0.0532. The molecule has 0 amide bonds. The summed E-state index contributed by atoms with van der Waals surface area (Å²) in [5, 5.41) is 0. The molecule has 1 aromatic heterocycles. The zero-order valence-electron chi connectivity index (χ0n) is 10.8. The molecule has 2 rings (SSSR count). The van der Waals surface area contributed by atoms with E-state index in [1.165, 1.54) is 12.8 Å². The highest BCUT2D eigenvalue weighted by Gasteiger charge is 2.17. The minimum Gasteiger partial charge on any atom is -0.461 e. The molecule has 2 N–H and O–H groups in total. The van der Waals surface area contributed by atoms with E-state index in [0.717, 1.165) is 26.2 Å². The normalized spacial score (nSPS) is 16.1. The minimum atomic E-state index is -0.449. The summed E-state index contributed by atoms with van der Waals surface area (Å²) in [7, 11) is 0. The van der Waals surface area contributed by atoms with Gasteiger partial charge in [0.2, 0.25) is 0 Å². The lowest BCUT2D eigenvalue weighted by atomic mass is 10.4. The van der Waals surface area contributed by atoms with Gasteiger partial charge in [-0.05, 0) is 32.9 Å². The van der Waals surface area contributed by atoms with Gasteiger partial charge in [-0.3, -0.25) is 0 Å². The Morgan fingerprint density at radius 1 is 1.44 bits per heavy atom. The van der Waals surface area contributed by atoms with Gasteiger partial charge in [0.05, 0.1) is 12.9 Å². The Balaban J connectivity index is 1.94. The average molecular weight is 252 g/mol. The molecule has 0 spiro atoms. The van der Waals surface area contributed by atoms with Crippen molar-refractivity contribution in [2.75, 3.05) is 32.0 Å². The van der Waals surface area contributed by atoms with Crippen molar-refractivity contribution in [1.82, 2.24) is 14.5 Å². The Morgan fingerprint density at radius 3 is 2.83 bits per heavy atom. The maximum absolute atomic E-state index is 11.6. The molecule has 100 valence electrons. The number of anilines is 1. The van der Waals surface area contributed by atoms with E-state index in [1.54, 1.807) is 13.3 Å². The standard InChI is InChI=1S/C12H20N4O2/c1-2-18-12(17)10-11(13)16(9-14-10)8-7-15-5-3-4-6-15/h9H,2-8,13H2,1H3. The smallest absolute Gasteiger partial charge is 0.360 e. The molecule has 1 aliphatic rings. The number of aromatic nitrogens is 2. The van der Waals surface area contributed by atoms with Gasteiger partial charge in [-0.15, -0.1) is 0 Å². The van der Waals surface area contributed by atoms with Crippen LogP contribution in [-0.4, -0.2) is 46.7 Å². The van der Waals surface area contributed by atoms with Crippen molar-refractivity contribution in [3.05, 3.63) is 12.0 Å². The number of hydrogen-bond acceptors (Lipinski definition) is 5. The van der Waals surface area contributed by atoms with Crippen molar-refractivity contribution in [3.63, 3.8) is 0 Å². The Morgan fingerprint density at radius 2 is 2.17 bits per heavy atom. The summed E-state index contributed by atoms with van der Waals surface area (Å²) in [5.41, 5.74) is 6.12. The van der Waals surface area contributed by atoms with E-state index in [0.29, 0.717) is 12.4 Å².